The van der Waals surface area contributed by atoms with Gasteiger partial charge in [0.2, 0.25) is 53.2 Å². The maximum absolute atomic E-state index is 15.0. The van der Waals surface area contributed by atoms with E-state index in [0.717, 1.165) is 48.4 Å². The molecule has 0 aromatic heterocycles. The quantitative estimate of drug-likeness (QED) is 0.0197. The zero-order chi connectivity index (χ0) is 73.8. The van der Waals surface area contributed by atoms with E-state index >= 15 is 4.79 Å². The molecular weight excluding hydrogens is 1350 g/mol. The number of urea groups is 1. The molecule has 0 radical (unpaired) electrons. The lowest BCUT2D eigenvalue weighted by atomic mass is 9.96. The van der Waals surface area contributed by atoms with Crippen LogP contribution in [-0.2, 0) is 97.6 Å². The number of hydrogen-bond donors (Lipinski definition) is 15. The fourth-order valence-electron chi connectivity index (χ4n) is 10.9. The molecule has 552 valence electrons. The van der Waals surface area contributed by atoms with E-state index in [1.165, 1.54) is 11.8 Å². The fourth-order valence-corrected chi connectivity index (χ4v) is 11.6. The molecule has 0 spiro atoms. The second kappa shape index (κ2) is 44.5. The molecule has 1 saturated heterocycles. The summed E-state index contributed by atoms with van der Waals surface area (Å²) in [5.74, 6) is -7.09. The molecule has 1 aliphatic heterocycles. The maximum atomic E-state index is 15.0. The Bertz CT molecular complexity index is 3460. The second-order valence-electron chi connectivity index (χ2n) is 25.2. The minimum Gasteiger partial charge on any atom is -0.394 e. The smallest absolute Gasteiger partial charge is 0.314 e. The number of rotatable bonds is 36. The highest BCUT2D eigenvalue weighted by atomic mass is 32.2. The van der Waals surface area contributed by atoms with Crippen molar-refractivity contribution < 1.29 is 67.6 Å². The Balaban J connectivity index is 1.24. The van der Waals surface area contributed by atoms with Crippen LogP contribution in [0.1, 0.15) is 72.6 Å². The lowest BCUT2D eigenvalue weighted by Gasteiger charge is -2.30. The summed E-state index contributed by atoms with van der Waals surface area (Å²) in [6.07, 6.45) is 3.69. The van der Waals surface area contributed by atoms with Gasteiger partial charge in [-0.15, -0.1) is 0 Å². The van der Waals surface area contributed by atoms with Gasteiger partial charge in [-0.2, -0.15) is 24.4 Å². The summed E-state index contributed by atoms with van der Waals surface area (Å²) in [6, 6.07) is 30.6. The van der Waals surface area contributed by atoms with Crippen LogP contribution in [0.3, 0.4) is 0 Å². The van der Waals surface area contributed by atoms with Crippen LogP contribution in [0.25, 0.3) is 0 Å². The first-order valence-corrected chi connectivity index (χ1v) is 36.5. The van der Waals surface area contributed by atoms with Crippen LogP contribution in [0, 0.1) is 5.92 Å². The normalized spacial score (nSPS) is 18.7. The van der Waals surface area contributed by atoms with E-state index < -0.39 is 134 Å². The van der Waals surface area contributed by atoms with E-state index in [4.69, 9.17) is 15.2 Å². The van der Waals surface area contributed by atoms with Crippen molar-refractivity contribution in [2.24, 2.45) is 11.7 Å². The summed E-state index contributed by atoms with van der Waals surface area (Å²) in [4.78, 5) is 141. The van der Waals surface area contributed by atoms with Crippen molar-refractivity contribution in [3.05, 3.63) is 178 Å². The number of benzene rings is 5. The molecule has 5 aromatic rings. The predicted octanol–water partition coefficient (Wildman–Crippen LogP) is 1.05. The molecule has 2 unspecified atom stereocenters. The van der Waals surface area contributed by atoms with Crippen molar-refractivity contribution in [3.63, 3.8) is 0 Å². The lowest BCUT2D eigenvalue weighted by molar-refractivity contribution is -0.137. The molecule has 11 amide bonds. The van der Waals surface area contributed by atoms with Crippen LogP contribution < -0.4 is 64.2 Å². The minimum atomic E-state index is -1.91. The van der Waals surface area contributed by atoms with E-state index in [0.29, 0.717) is 41.7 Å². The standard InChI is InChI=1S/C74H100N12O14S2/c1-5-47(2)64-72(96)79-56(33-38-102-4)42-77-74(98)78-43-61(70(94)82-59(68(92)81-60(69(93)85-64)39-53-19-13-8-14-20-53)41-55-31-27-52(28-32-55)24-22-50-17-11-7-12-18-50)83-73(97)65(48(3)88)86-71(95)62(44-87)84-67(91)58(40-54-29-25-51(26-30-54)23-21-49-15-9-6-10-16-49)80-63(89)45-100-37-36-99-35-34-76-66(90)57(75)46-101/h6-20,25-32,47-48,56-62,64-65,87-88,101H,5,21-24,33-46,75H2,1-4H3,(H,76,90)(H,79,96)(H,80,89)(H,81,92)(H,82,94)(H,83,97)(H,84,91)(H,85,93)(H,86,95)(H2,77,78,98)/t47?,48?,56-,57-,58-,59-,60-,61-,62-,64-,65-/m0/s1. The van der Waals surface area contributed by atoms with Crippen LogP contribution in [0.5, 0.6) is 0 Å². The summed E-state index contributed by atoms with van der Waals surface area (Å²) < 4.78 is 11.0. The molecule has 0 bridgehead atoms. The third-order valence-corrected chi connectivity index (χ3v) is 18.2. The highest BCUT2D eigenvalue weighted by Gasteiger charge is 2.37. The number of ether oxygens (including phenoxy) is 2. The summed E-state index contributed by atoms with van der Waals surface area (Å²) in [5.41, 5.74) is 11.8. The van der Waals surface area contributed by atoms with Crippen molar-refractivity contribution in [2.45, 2.75) is 139 Å². The Hall–Kier alpha value is -8.90. The predicted molar refractivity (Wildman–Crippen MR) is 393 cm³/mol. The van der Waals surface area contributed by atoms with Crippen LogP contribution in [0.4, 0.5) is 4.79 Å². The number of aliphatic hydroxyl groups is 2. The van der Waals surface area contributed by atoms with Crippen molar-refractivity contribution in [1.29, 1.82) is 0 Å². The highest BCUT2D eigenvalue weighted by molar-refractivity contribution is 7.98. The number of aryl methyl sites for hydroxylation is 4. The number of thioether (sulfide) groups is 1. The Morgan fingerprint density at radius 3 is 1.64 bits per heavy atom. The largest absolute Gasteiger partial charge is 0.394 e. The molecule has 5 aromatic carbocycles. The van der Waals surface area contributed by atoms with Gasteiger partial charge >= 0.3 is 6.03 Å². The van der Waals surface area contributed by atoms with E-state index in [1.54, 1.807) is 54.6 Å². The molecule has 0 saturated carbocycles. The molecule has 11 atom stereocenters. The zero-order valence-corrected chi connectivity index (χ0v) is 60.0. The van der Waals surface area contributed by atoms with E-state index in [-0.39, 0.29) is 69.8 Å². The molecule has 1 heterocycles. The molecule has 15 N–H and O–H groups in total. The van der Waals surface area contributed by atoms with Gasteiger partial charge in [-0.1, -0.05) is 160 Å². The summed E-state index contributed by atoms with van der Waals surface area (Å²) >= 11 is 5.52. The molecule has 1 fully saturated rings. The monoisotopic (exact) mass is 1440 g/mol. The van der Waals surface area contributed by atoms with Gasteiger partial charge in [-0.25, -0.2) is 4.79 Å². The molecule has 28 heteroatoms. The first kappa shape index (κ1) is 82.1. The first-order valence-electron chi connectivity index (χ1n) is 34.5. The lowest BCUT2D eigenvalue weighted by Crippen LogP contribution is -2.64. The fraction of sp³-hybridized carbons (Fsp3) is 0.459. The highest BCUT2D eigenvalue weighted by Crippen LogP contribution is 2.17. The molecule has 1 aliphatic rings. The molecule has 102 heavy (non-hydrogen) atoms. The summed E-state index contributed by atoms with van der Waals surface area (Å²) in [7, 11) is 0. The molecular formula is C74H100N12O14S2. The number of carbonyl (C=O) groups is 10. The van der Waals surface area contributed by atoms with Crippen LogP contribution in [0.15, 0.2) is 140 Å². The number of nitrogens with two attached hydrogens (primary N) is 1. The average Bonchev–Trinajstić information content (AvgIpc) is 0.848. The Kier molecular flexibility index (Phi) is 35.8. The second-order valence-corrected chi connectivity index (χ2v) is 26.5. The number of thiol groups is 1. The summed E-state index contributed by atoms with van der Waals surface area (Å²) in [5, 5.41) is 51.3. The van der Waals surface area contributed by atoms with E-state index in [2.05, 4.69) is 71.1 Å². The number of hydrogen-bond acceptors (Lipinski definition) is 17. The Labute approximate surface area is 606 Å². The maximum Gasteiger partial charge on any atom is 0.314 e. The Morgan fingerprint density at radius 2 is 1.09 bits per heavy atom. The van der Waals surface area contributed by atoms with Gasteiger partial charge in [0.05, 0.1) is 38.6 Å². The zero-order valence-electron chi connectivity index (χ0n) is 58.3. The van der Waals surface area contributed by atoms with Crippen LogP contribution in [-0.4, -0.2) is 200 Å². The van der Waals surface area contributed by atoms with Gasteiger partial charge in [0, 0.05) is 50.7 Å². The van der Waals surface area contributed by atoms with Gasteiger partial charge in [-0.05, 0) is 95.9 Å². The molecule has 0 aliphatic carbocycles. The van der Waals surface area contributed by atoms with Crippen molar-refractivity contribution in [1.82, 2.24) is 58.5 Å². The minimum absolute atomic E-state index is 0.0304. The van der Waals surface area contributed by atoms with Crippen molar-refractivity contribution in [3.8, 4) is 0 Å². The average molecular weight is 1450 g/mol. The third-order valence-electron chi connectivity index (χ3n) is 17.2. The van der Waals surface area contributed by atoms with Gasteiger partial charge in [0.1, 0.15) is 48.9 Å². The number of carbonyl (C=O) groups excluding carboxylic acids is 10. The van der Waals surface area contributed by atoms with Gasteiger partial charge in [-0.3, -0.25) is 43.2 Å². The molecule has 26 nitrogen and oxygen atoms in total. The number of nitrogens with one attached hydrogen (secondary N) is 11. The first-order chi connectivity index (χ1) is 49.2. The van der Waals surface area contributed by atoms with E-state index in [9.17, 15) is 53.4 Å². The van der Waals surface area contributed by atoms with E-state index in [1.807, 2.05) is 105 Å². The van der Waals surface area contributed by atoms with Crippen LogP contribution >= 0.6 is 24.4 Å². The topological polar surface area (TPSA) is 388 Å². The summed E-state index contributed by atoms with van der Waals surface area (Å²) in [6.45, 7) is 2.83. The van der Waals surface area contributed by atoms with Gasteiger partial charge in [0.25, 0.3) is 0 Å². The number of amides is 11. The van der Waals surface area contributed by atoms with Crippen molar-refractivity contribution >= 4 is 83.6 Å². The number of aliphatic hydroxyl groups excluding tert-OH is 2. The molecule has 6 rings (SSSR count). The van der Waals surface area contributed by atoms with Crippen molar-refractivity contribution in [2.75, 3.05) is 70.4 Å². The SMILES string of the molecule is CCC(C)[C@@H]1NC(=O)[C@H](Cc2ccccc2)NC(=O)[C@H](Cc2ccc(CCc3ccccc3)cc2)NC(=O)[C@@H](NC(=O)[C@@H](NC(=O)[C@H](CO)NC(=O)[C@H](Cc2ccc(CCc3ccccc3)cc2)NC(=O)COCCOCCNC(=O)[C@@H](N)CS)C(C)O)CNC(=O)NC[C@H](CCSC)NC1=O. The van der Waals surface area contributed by atoms with Crippen LogP contribution in [0.2, 0.25) is 0 Å². The Morgan fingerprint density at radius 1 is 0.588 bits per heavy atom. The van der Waals surface area contributed by atoms with Gasteiger partial charge < -0.3 is 83.9 Å². The third kappa shape index (κ3) is 28.9. The van der Waals surface area contributed by atoms with Gasteiger partial charge in [0.15, 0.2) is 0 Å².